The number of halogens is 1. The van der Waals surface area contributed by atoms with Gasteiger partial charge in [0.2, 0.25) is 10.0 Å². The lowest BCUT2D eigenvalue weighted by molar-refractivity contribution is -0.137. The number of aliphatic carboxylic acids is 1. The molecule has 2 rings (SSSR count). The lowest BCUT2D eigenvalue weighted by atomic mass is 10.1. The molecule has 0 aromatic heterocycles. The molecule has 128 valence electrons. The van der Waals surface area contributed by atoms with Gasteiger partial charge in [0.05, 0.1) is 4.90 Å². The predicted molar refractivity (Wildman–Crippen MR) is 95.3 cm³/mol. The summed E-state index contributed by atoms with van der Waals surface area (Å²) >= 11 is 3.39. The molecule has 7 heteroatoms. The minimum absolute atomic E-state index is 0.0230. The van der Waals surface area contributed by atoms with E-state index in [0.29, 0.717) is 5.56 Å². The van der Waals surface area contributed by atoms with Gasteiger partial charge in [0.1, 0.15) is 6.54 Å². The number of carbonyl (C=O) groups is 1. The van der Waals surface area contributed by atoms with Gasteiger partial charge in [-0.15, -0.1) is 0 Å². The number of rotatable bonds is 6. The lowest BCUT2D eigenvalue weighted by Crippen LogP contribution is -2.35. The van der Waals surface area contributed by atoms with Gasteiger partial charge in [-0.3, -0.25) is 4.79 Å². The summed E-state index contributed by atoms with van der Waals surface area (Å²) in [5.41, 5.74) is 2.61. The Morgan fingerprint density at radius 3 is 2.25 bits per heavy atom. The number of carboxylic acids is 1. The molecule has 5 nitrogen and oxygen atoms in total. The van der Waals surface area contributed by atoms with Crippen molar-refractivity contribution in [2.45, 2.75) is 25.3 Å². The Labute approximate surface area is 150 Å². The zero-order valence-electron chi connectivity index (χ0n) is 13.4. The molecule has 0 aliphatic heterocycles. The Kier molecular flexibility index (Phi) is 5.79. The Morgan fingerprint density at radius 2 is 1.67 bits per heavy atom. The first kappa shape index (κ1) is 18.6. The maximum absolute atomic E-state index is 12.8. The predicted octanol–water partition coefficient (Wildman–Crippen LogP) is 3.34. The van der Waals surface area contributed by atoms with Gasteiger partial charge in [-0.25, -0.2) is 8.42 Å². The summed E-state index contributed by atoms with van der Waals surface area (Å²) in [5, 5.41) is 9.12. The second kappa shape index (κ2) is 7.46. The molecular weight excluding hydrogens is 394 g/mol. The first-order valence-corrected chi connectivity index (χ1v) is 9.47. The van der Waals surface area contributed by atoms with Crippen LogP contribution in [0.4, 0.5) is 0 Å². The van der Waals surface area contributed by atoms with Crippen molar-refractivity contribution in [3.63, 3.8) is 0 Å². The zero-order valence-corrected chi connectivity index (χ0v) is 15.8. The van der Waals surface area contributed by atoms with Crippen molar-refractivity contribution >= 4 is 31.9 Å². The Bertz CT molecular complexity index is 847. The normalized spacial score (nSPS) is 11.7. The van der Waals surface area contributed by atoms with E-state index in [1.807, 2.05) is 32.0 Å². The van der Waals surface area contributed by atoms with Crippen LogP contribution in [0.5, 0.6) is 0 Å². The third-order valence-corrected chi connectivity index (χ3v) is 6.10. The highest BCUT2D eigenvalue weighted by Crippen LogP contribution is 2.24. The van der Waals surface area contributed by atoms with Crippen LogP contribution in [-0.4, -0.2) is 30.3 Å². The maximum Gasteiger partial charge on any atom is 0.318 e. The lowest BCUT2D eigenvalue weighted by Gasteiger charge is -2.21. The van der Waals surface area contributed by atoms with Crippen molar-refractivity contribution in [3.8, 4) is 0 Å². The van der Waals surface area contributed by atoms with E-state index in [1.54, 1.807) is 12.1 Å². The van der Waals surface area contributed by atoms with Crippen LogP contribution in [0.25, 0.3) is 0 Å². The van der Waals surface area contributed by atoms with Crippen molar-refractivity contribution in [2.75, 3.05) is 6.54 Å². The highest BCUT2D eigenvalue weighted by Gasteiger charge is 2.27. The number of benzene rings is 2. The molecular formula is C17H18BrNO4S. The van der Waals surface area contributed by atoms with Gasteiger partial charge in [-0.1, -0.05) is 51.3 Å². The molecule has 1 N–H and O–H groups in total. The van der Waals surface area contributed by atoms with Crippen molar-refractivity contribution in [2.24, 2.45) is 0 Å². The number of hydrogen-bond acceptors (Lipinski definition) is 3. The quantitative estimate of drug-likeness (QED) is 0.790. The average molecular weight is 412 g/mol. The van der Waals surface area contributed by atoms with E-state index in [2.05, 4.69) is 15.9 Å². The number of carboxylic acid groups (broad SMARTS) is 1. The van der Waals surface area contributed by atoms with Gasteiger partial charge >= 0.3 is 5.97 Å². The SMILES string of the molecule is Cc1ccc(S(=O)(=O)N(CC(=O)O)Cc2cc(C)ccc2Br)cc1. The smallest absolute Gasteiger partial charge is 0.318 e. The minimum Gasteiger partial charge on any atom is -0.480 e. The van der Waals surface area contributed by atoms with E-state index < -0.39 is 22.5 Å². The third kappa shape index (κ3) is 4.43. The third-order valence-electron chi connectivity index (χ3n) is 3.52. The van der Waals surface area contributed by atoms with Crippen LogP contribution in [0, 0.1) is 13.8 Å². The number of nitrogens with zero attached hydrogens (tertiary/aromatic N) is 1. The molecule has 0 bridgehead atoms. The summed E-state index contributed by atoms with van der Waals surface area (Å²) in [7, 11) is -3.91. The minimum atomic E-state index is -3.91. The fourth-order valence-electron chi connectivity index (χ4n) is 2.25. The van der Waals surface area contributed by atoms with E-state index in [-0.39, 0.29) is 11.4 Å². The molecule has 0 unspecified atom stereocenters. The molecule has 0 aliphatic carbocycles. The molecule has 0 heterocycles. The molecule has 2 aromatic rings. The number of aryl methyl sites for hydroxylation is 2. The topological polar surface area (TPSA) is 74.7 Å². The Morgan fingerprint density at radius 1 is 1.08 bits per heavy atom. The van der Waals surface area contributed by atoms with Crippen molar-refractivity contribution < 1.29 is 18.3 Å². The standard InChI is InChI=1S/C17H18BrNO4S/c1-12-3-6-15(7-4-12)24(22,23)19(11-17(20)21)10-14-9-13(2)5-8-16(14)18/h3-9H,10-11H2,1-2H3,(H,20,21). The molecule has 0 atom stereocenters. The van der Waals surface area contributed by atoms with E-state index >= 15 is 0 Å². The van der Waals surface area contributed by atoms with Crippen LogP contribution < -0.4 is 0 Å². The molecule has 2 aromatic carbocycles. The fraction of sp³-hybridized carbons (Fsp3) is 0.235. The van der Waals surface area contributed by atoms with Crippen molar-refractivity contribution in [3.05, 3.63) is 63.6 Å². The fourth-order valence-corrected chi connectivity index (χ4v) is 3.99. The first-order valence-electron chi connectivity index (χ1n) is 7.24. The Balaban J connectivity index is 2.42. The maximum atomic E-state index is 12.8. The average Bonchev–Trinajstić information content (AvgIpc) is 2.50. The van der Waals surface area contributed by atoms with Crippen molar-refractivity contribution in [1.29, 1.82) is 0 Å². The van der Waals surface area contributed by atoms with Crippen LogP contribution in [0.3, 0.4) is 0 Å². The summed E-state index contributed by atoms with van der Waals surface area (Å²) in [6.45, 7) is 3.13. The second-order valence-corrected chi connectivity index (χ2v) is 8.37. The van der Waals surface area contributed by atoms with Gasteiger partial charge in [0, 0.05) is 11.0 Å². The van der Waals surface area contributed by atoms with Crippen LogP contribution in [-0.2, 0) is 21.4 Å². The summed E-state index contributed by atoms with van der Waals surface area (Å²) in [6, 6.07) is 11.9. The number of hydrogen-bond donors (Lipinski definition) is 1. The van der Waals surface area contributed by atoms with Crippen molar-refractivity contribution in [1.82, 2.24) is 4.31 Å². The molecule has 0 saturated carbocycles. The first-order chi connectivity index (χ1) is 11.2. The van der Waals surface area contributed by atoms with Crippen LogP contribution >= 0.6 is 15.9 Å². The largest absolute Gasteiger partial charge is 0.480 e. The zero-order chi connectivity index (χ0) is 17.9. The van der Waals surface area contributed by atoms with E-state index in [4.69, 9.17) is 5.11 Å². The molecule has 0 fully saturated rings. The highest BCUT2D eigenvalue weighted by molar-refractivity contribution is 9.10. The number of sulfonamides is 1. The molecule has 0 spiro atoms. The van der Waals surface area contributed by atoms with Gasteiger partial charge in [-0.05, 0) is 37.6 Å². The molecule has 0 radical (unpaired) electrons. The van der Waals surface area contributed by atoms with E-state index in [0.717, 1.165) is 19.9 Å². The molecule has 0 saturated heterocycles. The monoisotopic (exact) mass is 411 g/mol. The Hall–Kier alpha value is -1.70. The van der Waals surface area contributed by atoms with E-state index in [9.17, 15) is 13.2 Å². The summed E-state index contributed by atoms with van der Waals surface area (Å²) in [6.07, 6.45) is 0. The van der Waals surface area contributed by atoms with Crippen LogP contribution in [0.1, 0.15) is 16.7 Å². The van der Waals surface area contributed by atoms with Gasteiger partial charge < -0.3 is 5.11 Å². The summed E-state index contributed by atoms with van der Waals surface area (Å²) in [5.74, 6) is -1.20. The molecule has 0 amide bonds. The highest BCUT2D eigenvalue weighted by atomic mass is 79.9. The molecule has 24 heavy (non-hydrogen) atoms. The van der Waals surface area contributed by atoms with Gasteiger partial charge in [-0.2, -0.15) is 4.31 Å². The van der Waals surface area contributed by atoms with Gasteiger partial charge in [0.25, 0.3) is 0 Å². The van der Waals surface area contributed by atoms with Crippen LogP contribution in [0.15, 0.2) is 51.8 Å². The van der Waals surface area contributed by atoms with Crippen LogP contribution in [0.2, 0.25) is 0 Å². The second-order valence-electron chi connectivity index (χ2n) is 5.57. The molecule has 0 aliphatic rings. The van der Waals surface area contributed by atoms with E-state index in [1.165, 1.54) is 12.1 Å². The summed E-state index contributed by atoms with van der Waals surface area (Å²) < 4.78 is 27.4. The van der Waals surface area contributed by atoms with Gasteiger partial charge in [0.15, 0.2) is 0 Å². The summed E-state index contributed by atoms with van der Waals surface area (Å²) in [4.78, 5) is 11.2.